The Bertz CT molecular complexity index is 545. The van der Waals surface area contributed by atoms with Gasteiger partial charge in [-0.15, -0.1) is 10.2 Å². The number of benzene rings is 1. The summed E-state index contributed by atoms with van der Waals surface area (Å²) in [5, 5.41) is 8.96. The van der Waals surface area contributed by atoms with Gasteiger partial charge in [0.05, 0.1) is 20.3 Å². The largest absolute Gasteiger partial charge is 0.497 e. The van der Waals surface area contributed by atoms with E-state index >= 15 is 0 Å². The molecule has 0 saturated carbocycles. The molecular weight excluding hydrogens is 302 g/mol. The monoisotopic (exact) mass is 323 g/mol. The Morgan fingerprint density at radius 1 is 1.09 bits per heavy atom. The van der Waals surface area contributed by atoms with E-state index in [0.29, 0.717) is 13.2 Å². The zero-order chi connectivity index (χ0) is 15.6. The van der Waals surface area contributed by atoms with Crippen molar-refractivity contribution in [3.05, 3.63) is 30.6 Å². The highest BCUT2D eigenvalue weighted by molar-refractivity contribution is 7.99. The summed E-state index contributed by atoms with van der Waals surface area (Å²) in [6.07, 6.45) is 2.67. The topological polar surface area (TPSA) is 58.4 Å². The number of hydrogen-bond donors (Lipinski definition) is 0. The number of rotatable bonds is 10. The van der Waals surface area contributed by atoms with E-state index in [2.05, 4.69) is 10.2 Å². The lowest BCUT2D eigenvalue weighted by atomic mass is 10.3. The molecule has 0 spiro atoms. The van der Waals surface area contributed by atoms with Gasteiger partial charge in [0, 0.05) is 19.4 Å². The van der Waals surface area contributed by atoms with Crippen molar-refractivity contribution >= 4 is 11.8 Å². The third-order valence-corrected chi connectivity index (χ3v) is 4.03. The second kappa shape index (κ2) is 9.32. The van der Waals surface area contributed by atoms with Crippen LogP contribution in [-0.4, -0.2) is 48.0 Å². The van der Waals surface area contributed by atoms with Crippen LogP contribution in [0.5, 0.6) is 11.5 Å². The summed E-state index contributed by atoms with van der Waals surface area (Å²) >= 11 is 1.68. The number of thioether (sulfide) groups is 1. The standard InChI is InChI=1S/C15H21N3O3S/c1-19-10-8-18-12-16-17-15(18)22-11-3-9-21-14-6-4-13(20-2)5-7-14/h4-7,12H,3,8-11H2,1-2H3. The normalized spacial score (nSPS) is 10.6. The first kappa shape index (κ1) is 16.6. The molecule has 0 atom stereocenters. The molecular formula is C15H21N3O3S. The van der Waals surface area contributed by atoms with Crippen molar-refractivity contribution in [1.82, 2.24) is 14.8 Å². The molecule has 120 valence electrons. The third-order valence-electron chi connectivity index (χ3n) is 2.96. The fraction of sp³-hybridized carbons (Fsp3) is 0.467. The van der Waals surface area contributed by atoms with Gasteiger partial charge in [0.25, 0.3) is 0 Å². The number of aromatic nitrogens is 3. The van der Waals surface area contributed by atoms with Gasteiger partial charge in [0.1, 0.15) is 17.8 Å². The molecule has 2 aromatic rings. The van der Waals surface area contributed by atoms with Gasteiger partial charge in [0.15, 0.2) is 5.16 Å². The Morgan fingerprint density at radius 3 is 2.59 bits per heavy atom. The van der Waals surface area contributed by atoms with Crippen LogP contribution < -0.4 is 9.47 Å². The summed E-state index contributed by atoms with van der Waals surface area (Å²) in [4.78, 5) is 0. The highest BCUT2D eigenvalue weighted by Crippen LogP contribution is 2.18. The highest BCUT2D eigenvalue weighted by atomic mass is 32.2. The highest BCUT2D eigenvalue weighted by Gasteiger charge is 2.04. The molecule has 7 heteroatoms. The van der Waals surface area contributed by atoms with Gasteiger partial charge in [-0.3, -0.25) is 0 Å². The van der Waals surface area contributed by atoms with Crippen LogP contribution in [0.2, 0.25) is 0 Å². The molecule has 0 aliphatic rings. The minimum absolute atomic E-state index is 0.659. The van der Waals surface area contributed by atoms with Crippen LogP contribution in [-0.2, 0) is 11.3 Å². The van der Waals surface area contributed by atoms with Gasteiger partial charge < -0.3 is 18.8 Å². The van der Waals surface area contributed by atoms with Gasteiger partial charge in [-0.05, 0) is 30.7 Å². The molecule has 1 heterocycles. The Balaban J connectivity index is 1.65. The SMILES string of the molecule is COCCn1cnnc1SCCCOc1ccc(OC)cc1. The molecule has 1 aromatic heterocycles. The van der Waals surface area contributed by atoms with E-state index in [-0.39, 0.29) is 0 Å². The van der Waals surface area contributed by atoms with Crippen LogP contribution >= 0.6 is 11.8 Å². The Morgan fingerprint density at radius 2 is 1.86 bits per heavy atom. The third kappa shape index (κ3) is 5.23. The first-order valence-electron chi connectivity index (χ1n) is 7.10. The molecule has 0 saturated heterocycles. The summed E-state index contributed by atoms with van der Waals surface area (Å²) in [5.74, 6) is 2.62. The van der Waals surface area contributed by atoms with Crippen LogP contribution in [0.15, 0.2) is 35.7 Å². The average molecular weight is 323 g/mol. The summed E-state index contributed by atoms with van der Waals surface area (Å²) in [6, 6.07) is 7.60. The Labute approximate surface area is 134 Å². The average Bonchev–Trinajstić information content (AvgIpc) is 3.00. The maximum absolute atomic E-state index is 5.69. The van der Waals surface area contributed by atoms with Crippen molar-refractivity contribution in [2.75, 3.05) is 33.2 Å². The molecule has 2 rings (SSSR count). The molecule has 0 aliphatic carbocycles. The van der Waals surface area contributed by atoms with E-state index in [1.807, 2.05) is 28.8 Å². The van der Waals surface area contributed by atoms with Crippen molar-refractivity contribution in [3.8, 4) is 11.5 Å². The smallest absolute Gasteiger partial charge is 0.191 e. The van der Waals surface area contributed by atoms with E-state index in [1.54, 1.807) is 32.3 Å². The van der Waals surface area contributed by atoms with E-state index in [1.165, 1.54) is 0 Å². The number of nitrogens with zero attached hydrogens (tertiary/aromatic N) is 3. The molecule has 0 aliphatic heterocycles. The summed E-state index contributed by atoms with van der Waals surface area (Å²) in [5.41, 5.74) is 0. The lowest BCUT2D eigenvalue weighted by Gasteiger charge is -2.07. The van der Waals surface area contributed by atoms with E-state index in [0.717, 1.165) is 35.4 Å². The van der Waals surface area contributed by atoms with Gasteiger partial charge in [-0.25, -0.2) is 0 Å². The van der Waals surface area contributed by atoms with Crippen molar-refractivity contribution in [1.29, 1.82) is 0 Å². The molecule has 0 bridgehead atoms. The van der Waals surface area contributed by atoms with Crippen molar-refractivity contribution in [2.24, 2.45) is 0 Å². The van der Waals surface area contributed by atoms with Crippen LogP contribution in [0.25, 0.3) is 0 Å². The van der Waals surface area contributed by atoms with Crippen molar-refractivity contribution in [3.63, 3.8) is 0 Å². The number of hydrogen-bond acceptors (Lipinski definition) is 6. The number of methoxy groups -OCH3 is 2. The first-order valence-corrected chi connectivity index (χ1v) is 8.08. The zero-order valence-corrected chi connectivity index (χ0v) is 13.7. The maximum Gasteiger partial charge on any atom is 0.191 e. The van der Waals surface area contributed by atoms with Gasteiger partial charge in [-0.2, -0.15) is 0 Å². The van der Waals surface area contributed by atoms with Crippen molar-refractivity contribution < 1.29 is 14.2 Å². The predicted octanol–water partition coefficient (Wildman–Crippen LogP) is 2.49. The van der Waals surface area contributed by atoms with Crippen molar-refractivity contribution in [2.45, 2.75) is 18.1 Å². The van der Waals surface area contributed by atoms with Crippen LogP contribution in [0.4, 0.5) is 0 Å². The minimum Gasteiger partial charge on any atom is -0.497 e. The van der Waals surface area contributed by atoms with Gasteiger partial charge >= 0.3 is 0 Å². The van der Waals surface area contributed by atoms with Crippen LogP contribution in [0.1, 0.15) is 6.42 Å². The summed E-state index contributed by atoms with van der Waals surface area (Å²) < 4.78 is 17.9. The lowest BCUT2D eigenvalue weighted by molar-refractivity contribution is 0.184. The summed E-state index contributed by atoms with van der Waals surface area (Å²) in [7, 11) is 3.34. The second-order valence-electron chi connectivity index (χ2n) is 4.53. The van der Waals surface area contributed by atoms with E-state index in [9.17, 15) is 0 Å². The van der Waals surface area contributed by atoms with E-state index < -0.39 is 0 Å². The lowest BCUT2D eigenvalue weighted by Crippen LogP contribution is -2.05. The summed E-state index contributed by atoms with van der Waals surface area (Å²) in [6.45, 7) is 2.10. The fourth-order valence-electron chi connectivity index (χ4n) is 1.78. The maximum atomic E-state index is 5.69. The quantitative estimate of drug-likeness (QED) is 0.494. The predicted molar refractivity (Wildman–Crippen MR) is 85.7 cm³/mol. The Hall–Kier alpha value is -1.73. The van der Waals surface area contributed by atoms with Crippen LogP contribution in [0.3, 0.4) is 0 Å². The number of ether oxygens (including phenoxy) is 3. The molecule has 22 heavy (non-hydrogen) atoms. The molecule has 0 unspecified atom stereocenters. The Kier molecular flexibility index (Phi) is 7.05. The minimum atomic E-state index is 0.659. The van der Waals surface area contributed by atoms with Gasteiger partial charge in [0.2, 0.25) is 0 Å². The first-order chi connectivity index (χ1) is 10.8. The molecule has 1 aromatic carbocycles. The van der Waals surface area contributed by atoms with Gasteiger partial charge in [-0.1, -0.05) is 11.8 Å². The molecule has 6 nitrogen and oxygen atoms in total. The molecule has 0 N–H and O–H groups in total. The second-order valence-corrected chi connectivity index (χ2v) is 5.59. The molecule has 0 radical (unpaired) electrons. The zero-order valence-electron chi connectivity index (χ0n) is 12.9. The van der Waals surface area contributed by atoms with Crippen LogP contribution in [0, 0.1) is 0 Å². The fourth-order valence-corrected chi connectivity index (χ4v) is 2.64. The molecule has 0 amide bonds. The van der Waals surface area contributed by atoms with E-state index in [4.69, 9.17) is 14.2 Å². The molecule has 0 fully saturated rings.